The van der Waals surface area contributed by atoms with Gasteiger partial charge < -0.3 is 19.8 Å². The minimum absolute atomic E-state index is 0.182. The van der Waals surface area contributed by atoms with Gasteiger partial charge in [-0.2, -0.15) is 0 Å². The topological polar surface area (TPSA) is 80.3 Å². The molecule has 0 bridgehead atoms. The van der Waals surface area contributed by atoms with E-state index in [9.17, 15) is 19.8 Å². The number of carbonyl (C=O) groups excluding carboxylic acids is 2. The van der Waals surface area contributed by atoms with E-state index in [-0.39, 0.29) is 21.1 Å². The molecule has 0 aromatic carbocycles. The van der Waals surface area contributed by atoms with Gasteiger partial charge in [0.1, 0.15) is 0 Å². The second kappa shape index (κ2) is 7.74. The average Bonchev–Trinajstić information content (AvgIpc) is 1.94. The van der Waals surface area contributed by atoms with Crippen LogP contribution in [0.2, 0.25) is 6.86 Å². The van der Waals surface area contributed by atoms with Crippen molar-refractivity contribution in [2.45, 2.75) is 48.4 Å². The molecule has 0 N–H and O–H groups in total. The molecule has 0 heterocycles. The molecule has 0 fully saturated rings. The summed E-state index contributed by atoms with van der Waals surface area (Å²) in [5, 5.41) is 18.8. The molecule has 0 rings (SSSR count). The maximum absolute atomic E-state index is 9.41. The van der Waals surface area contributed by atoms with Gasteiger partial charge in [-0.15, -0.1) is 0 Å². The summed E-state index contributed by atoms with van der Waals surface area (Å²) >= 11 is -0.182. The van der Waals surface area contributed by atoms with Crippen LogP contribution in [0.3, 0.4) is 0 Å². The second-order valence-corrected chi connectivity index (χ2v) is 14.9. The fourth-order valence-electron chi connectivity index (χ4n) is 1.26. The number of hydrogen-bond acceptors (Lipinski definition) is 4. The van der Waals surface area contributed by atoms with Crippen LogP contribution in [0.1, 0.15) is 41.5 Å². The predicted molar refractivity (Wildman–Crippen MR) is 64.3 cm³/mol. The molecule has 0 saturated carbocycles. The third-order valence-corrected chi connectivity index (χ3v) is 5.39. The Morgan fingerprint density at radius 3 is 1.12 bits per heavy atom. The summed E-state index contributed by atoms with van der Waals surface area (Å²) in [6.07, 6.45) is 0.769. The molecule has 17 heavy (non-hydrogen) atoms. The molecule has 0 aromatic heterocycles. The van der Waals surface area contributed by atoms with Crippen molar-refractivity contribution in [3.63, 3.8) is 0 Å². The Hall–Kier alpha value is -0.521. The maximum atomic E-state index is 9.41. The average molecular weight is 347 g/mol. The van der Waals surface area contributed by atoms with Crippen molar-refractivity contribution in [3.8, 4) is 0 Å². The first-order valence-electron chi connectivity index (χ1n) is 5.23. The third kappa shape index (κ3) is 25.6. The molecule has 5 heteroatoms. The molecule has 4 nitrogen and oxygen atoms in total. The Balaban J connectivity index is 0. The van der Waals surface area contributed by atoms with Gasteiger partial charge in [0.2, 0.25) is 0 Å². The van der Waals surface area contributed by atoms with Crippen LogP contribution in [0, 0.1) is 0 Å². The van der Waals surface area contributed by atoms with Crippen LogP contribution in [0.15, 0.2) is 12.2 Å². The van der Waals surface area contributed by atoms with Gasteiger partial charge in [-0.25, -0.2) is 0 Å². The Morgan fingerprint density at radius 2 is 1.06 bits per heavy atom. The molecule has 0 aliphatic heterocycles. The molecule has 96 valence electrons. The summed E-state index contributed by atoms with van der Waals surface area (Å²) in [5.41, 5.74) is 0. The van der Waals surface area contributed by atoms with E-state index in [2.05, 4.69) is 41.5 Å². The van der Waals surface area contributed by atoms with Crippen molar-refractivity contribution >= 4 is 33.1 Å². The van der Waals surface area contributed by atoms with Gasteiger partial charge in [0.05, 0.1) is 11.9 Å². The zero-order valence-electron chi connectivity index (χ0n) is 11.3. The minimum atomic E-state index is -1.55. The van der Waals surface area contributed by atoms with Gasteiger partial charge in [0.15, 0.2) is 0 Å². The van der Waals surface area contributed by atoms with Gasteiger partial charge in [0.25, 0.3) is 0 Å². The van der Waals surface area contributed by atoms with Crippen molar-refractivity contribution in [1.29, 1.82) is 0 Å². The molecule has 0 aromatic rings. The summed E-state index contributed by atoms with van der Waals surface area (Å²) in [5.74, 6) is -3.09. The van der Waals surface area contributed by atoms with Crippen LogP contribution >= 0.6 is 0 Å². The van der Waals surface area contributed by atoms with E-state index in [0.29, 0.717) is 19.0 Å². The SMILES string of the molecule is C[C](C)(C)[Sn+2][C](C)(C)C.O=C([O-])C=CC(=O)[O-]. The van der Waals surface area contributed by atoms with Crippen LogP contribution in [-0.2, 0) is 9.59 Å². The molecular formula is C12H20O4Sn. The predicted octanol–water partition coefficient (Wildman–Crippen LogP) is 0.170. The third-order valence-electron chi connectivity index (χ3n) is 1.11. The quantitative estimate of drug-likeness (QED) is 0.527. The van der Waals surface area contributed by atoms with Crippen molar-refractivity contribution in [1.82, 2.24) is 0 Å². The number of carboxylic acids is 2. The van der Waals surface area contributed by atoms with Crippen LogP contribution < -0.4 is 10.2 Å². The van der Waals surface area contributed by atoms with Gasteiger partial charge in [-0.05, 0) is 12.2 Å². The van der Waals surface area contributed by atoms with E-state index in [1.54, 1.807) is 0 Å². The van der Waals surface area contributed by atoms with Crippen molar-refractivity contribution in [2.75, 3.05) is 0 Å². The molecule has 0 aliphatic rings. The number of carboxylic acid groups (broad SMARTS) is 2. The van der Waals surface area contributed by atoms with Crippen molar-refractivity contribution < 1.29 is 19.8 Å². The fourth-order valence-corrected chi connectivity index (χ4v) is 7.68. The smallest absolute Gasteiger partial charge is 0.0643 e. The largest absolute Gasteiger partial charge is 0.545 e. The van der Waals surface area contributed by atoms with Crippen LogP contribution in [0.4, 0.5) is 0 Å². The molecule has 0 aliphatic carbocycles. The zero-order valence-corrected chi connectivity index (χ0v) is 14.1. The van der Waals surface area contributed by atoms with E-state index >= 15 is 0 Å². The maximum Gasteiger partial charge on any atom is 0.0643 e. The molecule has 0 unspecified atom stereocenters. The van der Waals surface area contributed by atoms with E-state index in [1.165, 1.54) is 0 Å². The fraction of sp³-hybridized carbons (Fsp3) is 0.667. The van der Waals surface area contributed by atoms with Crippen LogP contribution in [-0.4, -0.2) is 33.1 Å². The van der Waals surface area contributed by atoms with E-state index in [1.807, 2.05) is 0 Å². The van der Waals surface area contributed by atoms with E-state index < -0.39 is 11.9 Å². The standard InChI is InChI=1S/C4H4O4.2C4H9.Sn/c5-3(6)1-2-4(7)8;2*1-4(2)3;/h1-2H,(H,5,6)(H,7,8);2*1-3H3;/q;;;+2/p-2. The second-order valence-electron chi connectivity index (χ2n) is 5.60. The van der Waals surface area contributed by atoms with Crippen LogP contribution in [0.5, 0.6) is 0 Å². The summed E-state index contributed by atoms with van der Waals surface area (Å²) in [4.78, 5) is 18.8. The number of carbonyl (C=O) groups is 2. The summed E-state index contributed by atoms with van der Waals surface area (Å²) < 4.78 is 1.31. The summed E-state index contributed by atoms with van der Waals surface area (Å²) in [6.45, 7) is 14.2. The van der Waals surface area contributed by atoms with Gasteiger partial charge >= 0.3 is 69.5 Å². The number of rotatable bonds is 2. The summed E-state index contributed by atoms with van der Waals surface area (Å²) in [6, 6.07) is 0. The van der Waals surface area contributed by atoms with Crippen LogP contribution in [0.25, 0.3) is 0 Å². The Morgan fingerprint density at radius 1 is 0.824 bits per heavy atom. The van der Waals surface area contributed by atoms with Crippen molar-refractivity contribution in [2.24, 2.45) is 0 Å². The normalized spacial score (nSPS) is 11.4. The van der Waals surface area contributed by atoms with Gasteiger partial charge in [-0.3, -0.25) is 0 Å². The number of hydrogen-bond donors (Lipinski definition) is 0. The Kier molecular flexibility index (Phi) is 8.57. The summed E-state index contributed by atoms with van der Waals surface area (Å²) in [7, 11) is 0. The molecule has 0 radical (unpaired) electrons. The Bertz CT molecular complexity index is 254. The number of aliphatic carboxylic acids is 2. The Labute approximate surface area is 113 Å². The van der Waals surface area contributed by atoms with E-state index in [4.69, 9.17) is 0 Å². The molecule has 0 amide bonds. The molecule has 0 saturated heterocycles. The first-order chi connectivity index (χ1) is 7.33. The first kappa shape index (κ1) is 18.8. The minimum Gasteiger partial charge on any atom is -0.545 e. The monoisotopic (exact) mass is 348 g/mol. The zero-order chi connectivity index (χ0) is 14.3. The molecule has 0 spiro atoms. The van der Waals surface area contributed by atoms with E-state index in [0.717, 1.165) is 0 Å². The molecule has 0 atom stereocenters. The molecular weight excluding hydrogens is 327 g/mol. The van der Waals surface area contributed by atoms with Gasteiger partial charge in [-0.1, -0.05) is 0 Å². The first-order valence-corrected chi connectivity index (χ1v) is 8.08. The van der Waals surface area contributed by atoms with Gasteiger partial charge in [0, 0.05) is 0 Å². The van der Waals surface area contributed by atoms with Crippen molar-refractivity contribution in [3.05, 3.63) is 12.2 Å².